The molecule has 0 bridgehead atoms. The van der Waals surface area contributed by atoms with Gasteiger partial charge in [0.1, 0.15) is 18.3 Å². The minimum absolute atomic E-state index is 0.132. The Bertz CT molecular complexity index is 1110. The highest BCUT2D eigenvalue weighted by molar-refractivity contribution is 7.92. The number of rotatable bonds is 9. The van der Waals surface area contributed by atoms with Crippen LogP contribution in [0.4, 0.5) is 5.69 Å². The number of benzene rings is 2. The Hall–Kier alpha value is -3.07. The maximum atomic E-state index is 13.5. The van der Waals surface area contributed by atoms with Crippen molar-refractivity contribution in [2.75, 3.05) is 24.2 Å². The third-order valence-electron chi connectivity index (χ3n) is 5.15. The van der Waals surface area contributed by atoms with Crippen LogP contribution in [0.25, 0.3) is 0 Å². The van der Waals surface area contributed by atoms with Gasteiger partial charge in [-0.15, -0.1) is 0 Å². The van der Waals surface area contributed by atoms with E-state index in [0.717, 1.165) is 21.7 Å². The minimum Gasteiger partial charge on any atom is -0.497 e. The van der Waals surface area contributed by atoms with Gasteiger partial charge >= 0.3 is 0 Å². The first kappa shape index (κ1) is 27.2. The van der Waals surface area contributed by atoms with Gasteiger partial charge in [-0.2, -0.15) is 0 Å². The molecule has 0 heterocycles. The quantitative estimate of drug-likeness (QED) is 0.584. The van der Waals surface area contributed by atoms with E-state index < -0.39 is 34.1 Å². The van der Waals surface area contributed by atoms with E-state index in [4.69, 9.17) is 4.74 Å². The molecule has 34 heavy (non-hydrogen) atoms. The van der Waals surface area contributed by atoms with Gasteiger partial charge in [0.15, 0.2) is 0 Å². The van der Waals surface area contributed by atoms with Gasteiger partial charge in [0.25, 0.3) is 0 Å². The Kier molecular flexibility index (Phi) is 8.72. The van der Waals surface area contributed by atoms with E-state index >= 15 is 0 Å². The molecule has 1 N–H and O–H groups in total. The number of methoxy groups -OCH3 is 1. The fourth-order valence-electron chi connectivity index (χ4n) is 3.38. The molecule has 0 aromatic heterocycles. The van der Waals surface area contributed by atoms with Crippen LogP contribution in [0.3, 0.4) is 0 Å². The van der Waals surface area contributed by atoms with E-state index in [0.29, 0.717) is 11.4 Å². The summed E-state index contributed by atoms with van der Waals surface area (Å²) in [5.74, 6) is -0.141. The van der Waals surface area contributed by atoms with Crippen LogP contribution in [-0.4, -0.2) is 56.6 Å². The second-order valence-electron chi connectivity index (χ2n) is 9.39. The summed E-state index contributed by atoms with van der Waals surface area (Å²) in [6.07, 6.45) is 1.06. The zero-order valence-electron chi connectivity index (χ0n) is 21.0. The molecule has 2 aromatic carbocycles. The first-order valence-electron chi connectivity index (χ1n) is 11.0. The van der Waals surface area contributed by atoms with E-state index in [1.165, 1.54) is 4.90 Å². The summed E-state index contributed by atoms with van der Waals surface area (Å²) in [6, 6.07) is 13.3. The van der Waals surface area contributed by atoms with Crippen molar-refractivity contribution in [1.29, 1.82) is 0 Å². The molecule has 1 atom stereocenters. The summed E-state index contributed by atoms with van der Waals surface area (Å²) >= 11 is 0. The first-order valence-corrected chi connectivity index (χ1v) is 12.8. The summed E-state index contributed by atoms with van der Waals surface area (Å²) in [5.41, 5.74) is 1.56. The van der Waals surface area contributed by atoms with Crippen molar-refractivity contribution in [3.8, 4) is 5.75 Å². The lowest BCUT2D eigenvalue weighted by atomic mass is 10.1. The fourth-order valence-corrected chi connectivity index (χ4v) is 4.22. The number of sulfonamides is 1. The standard InChI is InChI=1S/C25H35N3O5S/c1-18-9-8-10-21(15-18)28(34(7,31)32)17-23(29)27(19(2)24(30)26-25(3,4)5)16-20-11-13-22(33-6)14-12-20/h8-15,19H,16-17H2,1-7H3,(H,26,30)/t19-/m1/s1. The normalized spacial score (nSPS) is 12.6. The van der Waals surface area contributed by atoms with Gasteiger partial charge in [-0.05, 0) is 70.0 Å². The Morgan fingerprint density at radius 1 is 1.09 bits per heavy atom. The Morgan fingerprint density at radius 3 is 2.21 bits per heavy atom. The van der Waals surface area contributed by atoms with Crippen LogP contribution in [0.5, 0.6) is 5.75 Å². The number of hydrogen-bond donors (Lipinski definition) is 1. The summed E-state index contributed by atoms with van der Waals surface area (Å²) in [7, 11) is -2.19. The summed E-state index contributed by atoms with van der Waals surface area (Å²) in [6.45, 7) is 8.77. The molecule has 0 aliphatic rings. The second-order valence-corrected chi connectivity index (χ2v) is 11.3. The predicted molar refractivity (Wildman–Crippen MR) is 134 cm³/mol. The maximum absolute atomic E-state index is 13.5. The molecular weight excluding hydrogens is 454 g/mol. The van der Waals surface area contributed by atoms with Crippen molar-refractivity contribution < 1.29 is 22.7 Å². The van der Waals surface area contributed by atoms with Gasteiger partial charge in [-0.25, -0.2) is 8.42 Å². The smallest absolute Gasteiger partial charge is 0.244 e. The maximum Gasteiger partial charge on any atom is 0.244 e. The van der Waals surface area contributed by atoms with Crippen LogP contribution >= 0.6 is 0 Å². The van der Waals surface area contributed by atoms with Crippen molar-refractivity contribution in [1.82, 2.24) is 10.2 Å². The molecule has 8 nitrogen and oxygen atoms in total. The molecule has 0 fully saturated rings. The van der Waals surface area contributed by atoms with Crippen LogP contribution in [0.1, 0.15) is 38.8 Å². The fraction of sp³-hybridized carbons (Fsp3) is 0.440. The zero-order valence-corrected chi connectivity index (χ0v) is 21.8. The molecular formula is C25H35N3O5S. The SMILES string of the molecule is COc1ccc(CN(C(=O)CN(c2cccc(C)c2)S(C)(=O)=O)[C@H](C)C(=O)NC(C)(C)C)cc1. The number of hydrogen-bond acceptors (Lipinski definition) is 5. The van der Waals surface area contributed by atoms with E-state index in [1.54, 1.807) is 44.4 Å². The third-order valence-corrected chi connectivity index (χ3v) is 6.29. The van der Waals surface area contributed by atoms with Crippen molar-refractivity contribution in [3.63, 3.8) is 0 Å². The van der Waals surface area contributed by atoms with E-state index in [1.807, 2.05) is 45.9 Å². The topological polar surface area (TPSA) is 96.0 Å². The Balaban J connectivity index is 2.40. The van der Waals surface area contributed by atoms with Crippen molar-refractivity contribution >= 4 is 27.5 Å². The molecule has 186 valence electrons. The molecule has 0 saturated heterocycles. The van der Waals surface area contributed by atoms with Crippen molar-refractivity contribution in [3.05, 3.63) is 59.7 Å². The molecule has 0 spiro atoms. The average molecular weight is 490 g/mol. The number of anilines is 1. The van der Waals surface area contributed by atoms with Gasteiger partial charge in [0.2, 0.25) is 21.8 Å². The third kappa shape index (κ3) is 7.76. The predicted octanol–water partition coefficient (Wildman–Crippen LogP) is 3.10. The molecule has 0 radical (unpaired) electrons. The molecule has 0 unspecified atom stereocenters. The number of carbonyl (C=O) groups is 2. The number of aryl methyl sites for hydroxylation is 1. The number of ether oxygens (including phenoxy) is 1. The minimum atomic E-state index is -3.75. The van der Waals surface area contributed by atoms with Crippen molar-refractivity contribution in [2.45, 2.75) is 52.7 Å². The average Bonchev–Trinajstić information content (AvgIpc) is 2.73. The summed E-state index contributed by atoms with van der Waals surface area (Å²) in [4.78, 5) is 27.8. The lowest BCUT2D eigenvalue weighted by Gasteiger charge is -2.33. The number of nitrogens with zero attached hydrogens (tertiary/aromatic N) is 2. The van der Waals surface area contributed by atoms with Crippen LogP contribution in [0, 0.1) is 6.92 Å². The van der Waals surface area contributed by atoms with Gasteiger partial charge in [-0.1, -0.05) is 24.3 Å². The first-order chi connectivity index (χ1) is 15.7. The van der Waals surface area contributed by atoms with Gasteiger partial charge < -0.3 is 15.0 Å². The number of carbonyl (C=O) groups excluding carboxylic acids is 2. The van der Waals surface area contributed by atoms with Gasteiger partial charge in [0, 0.05) is 12.1 Å². The molecule has 0 aliphatic carbocycles. The molecule has 0 aliphatic heterocycles. The lowest BCUT2D eigenvalue weighted by molar-refractivity contribution is -0.140. The number of nitrogens with one attached hydrogen (secondary N) is 1. The van der Waals surface area contributed by atoms with Crippen LogP contribution in [0.15, 0.2) is 48.5 Å². The largest absolute Gasteiger partial charge is 0.497 e. The highest BCUT2D eigenvalue weighted by Crippen LogP contribution is 2.21. The van der Waals surface area contributed by atoms with E-state index in [-0.39, 0.29) is 12.5 Å². The van der Waals surface area contributed by atoms with Crippen molar-refractivity contribution in [2.24, 2.45) is 0 Å². The Labute approximate surface area is 202 Å². The second kappa shape index (κ2) is 10.9. The van der Waals surface area contributed by atoms with Crippen LogP contribution in [0.2, 0.25) is 0 Å². The Morgan fingerprint density at radius 2 is 1.71 bits per heavy atom. The lowest BCUT2D eigenvalue weighted by Crippen LogP contribution is -2.54. The monoisotopic (exact) mass is 489 g/mol. The molecule has 2 aromatic rings. The molecule has 9 heteroatoms. The summed E-state index contributed by atoms with van der Waals surface area (Å²) in [5, 5.41) is 2.90. The highest BCUT2D eigenvalue weighted by Gasteiger charge is 2.31. The number of amides is 2. The molecule has 0 saturated carbocycles. The van der Waals surface area contributed by atoms with Gasteiger partial charge in [-0.3, -0.25) is 13.9 Å². The summed E-state index contributed by atoms with van der Waals surface area (Å²) < 4.78 is 31.4. The zero-order chi connectivity index (χ0) is 25.7. The van der Waals surface area contributed by atoms with Crippen LogP contribution < -0.4 is 14.4 Å². The molecule has 2 rings (SSSR count). The molecule has 2 amide bonds. The van der Waals surface area contributed by atoms with E-state index in [9.17, 15) is 18.0 Å². The highest BCUT2D eigenvalue weighted by atomic mass is 32.2. The van der Waals surface area contributed by atoms with Crippen LogP contribution in [-0.2, 0) is 26.2 Å². The van der Waals surface area contributed by atoms with E-state index in [2.05, 4.69) is 5.32 Å². The van der Waals surface area contributed by atoms with Gasteiger partial charge in [0.05, 0.1) is 19.1 Å².